The first-order chi connectivity index (χ1) is 5.77. The Kier molecular flexibility index (Phi) is 6.33. The number of aliphatic hydroxyl groups is 1. The summed E-state index contributed by atoms with van der Waals surface area (Å²) >= 11 is 1.74. The van der Waals surface area contributed by atoms with Crippen molar-refractivity contribution in [2.24, 2.45) is 5.73 Å². The third-order valence-corrected chi connectivity index (χ3v) is 3.20. The molecule has 0 aromatic carbocycles. The molecule has 0 amide bonds. The molecule has 1 atom stereocenters. The minimum absolute atomic E-state index is 0. The predicted octanol–water partition coefficient (Wildman–Crippen LogP) is 2.11. The lowest BCUT2D eigenvalue weighted by molar-refractivity contribution is 0.277. The van der Waals surface area contributed by atoms with Crippen LogP contribution in [-0.2, 0) is 6.42 Å². The molecule has 3 N–H and O–H groups in total. The molecule has 1 aromatic heterocycles. The third kappa shape index (κ3) is 3.65. The van der Waals surface area contributed by atoms with Gasteiger partial charge in [0.2, 0.25) is 0 Å². The maximum atomic E-state index is 8.69. The number of rotatable bonds is 4. The number of hydrogen-bond donors (Lipinski definition) is 2. The second-order valence-electron chi connectivity index (χ2n) is 2.78. The fourth-order valence-corrected chi connectivity index (χ4v) is 2.05. The van der Waals surface area contributed by atoms with Crippen LogP contribution in [0.4, 0.5) is 0 Å². The summed E-state index contributed by atoms with van der Waals surface area (Å²) < 4.78 is 0. The molecular formula is C9H16ClNOS. The zero-order chi connectivity index (χ0) is 8.97. The number of hydrogen-bond acceptors (Lipinski definition) is 3. The van der Waals surface area contributed by atoms with Crippen molar-refractivity contribution < 1.29 is 5.11 Å². The number of aliphatic hydroxyl groups excluding tert-OH is 1. The maximum Gasteiger partial charge on any atom is 0.0449 e. The van der Waals surface area contributed by atoms with Gasteiger partial charge in [-0.1, -0.05) is 6.92 Å². The van der Waals surface area contributed by atoms with Crippen LogP contribution in [0.15, 0.2) is 12.1 Å². The quantitative estimate of drug-likeness (QED) is 0.818. The fraction of sp³-hybridized carbons (Fsp3) is 0.556. The summed E-state index contributed by atoms with van der Waals surface area (Å²) in [4.78, 5) is 2.54. The van der Waals surface area contributed by atoms with E-state index in [1.165, 1.54) is 9.75 Å². The number of thiophene rings is 1. The minimum Gasteiger partial charge on any atom is -0.396 e. The van der Waals surface area contributed by atoms with Gasteiger partial charge in [0.25, 0.3) is 0 Å². The zero-order valence-electron chi connectivity index (χ0n) is 7.69. The van der Waals surface area contributed by atoms with Crippen LogP contribution in [0.1, 0.15) is 29.1 Å². The van der Waals surface area contributed by atoms with E-state index in [9.17, 15) is 0 Å². The van der Waals surface area contributed by atoms with E-state index in [1.807, 2.05) is 0 Å². The van der Waals surface area contributed by atoms with E-state index >= 15 is 0 Å². The molecule has 4 heteroatoms. The first-order valence-corrected chi connectivity index (χ1v) is 5.04. The average Bonchev–Trinajstić information content (AvgIpc) is 2.52. The van der Waals surface area contributed by atoms with Crippen LogP contribution in [0.2, 0.25) is 0 Å². The van der Waals surface area contributed by atoms with E-state index in [0.717, 1.165) is 6.42 Å². The molecule has 0 bridgehead atoms. The Balaban J connectivity index is 0.00000144. The summed E-state index contributed by atoms with van der Waals surface area (Å²) in [5.74, 6) is 0. The van der Waals surface area contributed by atoms with Crippen LogP contribution in [0.25, 0.3) is 0 Å². The van der Waals surface area contributed by atoms with E-state index in [4.69, 9.17) is 10.8 Å². The molecule has 1 heterocycles. The van der Waals surface area contributed by atoms with Crippen molar-refractivity contribution in [1.29, 1.82) is 0 Å². The summed E-state index contributed by atoms with van der Waals surface area (Å²) in [5, 5.41) is 8.69. The van der Waals surface area contributed by atoms with Gasteiger partial charge in [-0.15, -0.1) is 23.7 Å². The summed E-state index contributed by atoms with van der Waals surface area (Å²) in [7, 11) is 0. The van der Waals surface area contributed by atoms with Gasteiger partial charge in [-0.25, -0.2) is 0 Å². The molecule has 0 radical (unpaired) electrons. The smallest absolute Gasteiger partial charge is 0.0449 e. The van der Waals surface area contributed by atoms with Crippen molar-refractivity contribution in [1.82, 2.24) is 0 Å². The van der Waals surface area contributed by atoms with E-state index in [0.29, 0.717) is 6.42 Å². The highest BCUT2D eigenvalue weighted by atomic mass is 35.5. The van der Waals surface area contributed by atoms with Gasteiger partial charge in [-0.05, 0) is 25.0 Å². The van der Waals surface area contributed by atoms with Gasteiger partial charge in [0.1, 0.15) is 0 Å². The average molecular weight is 222 g/mol. The summed E-state index contributed by atoms with van der Waals surface area (Å²) in [5.41, 5.74) is 5.82. The minimum atomic E-state index is 0. The lowest BCUT2D eigenvalue weighted by atomic mass is 10.2. The highest BCUT2D eigenvalue weighted by Gasteiger charge is 2.07. The Morgan fingerprint density at radius 2 is 2.23 bits per heavy atom. The van der Waals surface area contributed by atoms with Crippen molar-refractivity contribution >= 4 is 23.7 Å². The first-order valence-electron chi connectivity index (χ1n) is 4.23. The molecule has 1 unspecified atom stereocenters. The normalized spacial score (nSPS) is 12.2. The lowest BCUT2D eigenvalue weighted by Gasteiger charge is -2.05. The van der Waals surface area contributed by atoms with E-state index in [1.54, 1.807) is 11.3 Å². The van der Waals surface area contributed by atoms with Crippen LogP contribution in [0.5, 0.6) is 0 Å². The van der Waals surface area contributed by atoms with E-state index in [2.05, 4.69) is 19.1 Å². The van der Waals surface area contributed by atoms with E-state index in [-0.39, 0.29) is 25.1 Å². The second-order valence-corrected chi connectivity index (χ2v) is 3.98. The molecule has 0 aliphatic rings. The number of halogens is 1. The fourth-order valence-electron chi connectivity index (χ4n) is 1.07. The standard InChI is InChI=1S/C9H15NOS.ClH/c1-2-7-3-4-9(12-7)8(10)5-6-11;/h3-4,8,11H,2,5-6,10H2,1H3;1H. The van der Waals surface area contributed by atoms with Crippen molar-refractivity contribution in [2.75, 3.05) is 6.61 Å². The van der Waals surface area contributed by atoms with Crippen molar-refractivity contribution in [3.63, 3.8) is 0 Å². The monoisotopic (exact) mass is 221 g/mol. The van der Waals surface area contributed by atoms with Gasteiger partial charge in [0.05, 0.1) is 0 Å². The Bertz CT molecular complexity index is 239. The molecule has 0 saturated carbocycles. The molecule has 0 saturated heterocycles. The Labute approximate surface area is 89.2 Å². The van der Waals surface area contributed by atoms with Gasteiger partial charge < -0.3 is 10.8 Å². The Hall–Kier alpha value is -0.0900. The van der Waals surface area contributed by atoms with Gasteiger partial charge in [-0.3, -0.25) is 0 Å². The number of nitrogens with two attached hydrogens (primary N) is 1. The van der Waals surface area contributed by atoms with Crippen molar-refractivity contribution in [2.45, 2.75) is 25.8 Å². The summed E-state index contributed by atoms with van der Waals surface area (Å²) in [6.07, 6.45) is 1.72. The Morgan fingerprint density at radius 1 is 1.54 bits per heavy atom. The van der Waals surface area contributed by atoms with Crippen molar-refractivity contribution in [3.05, 3.63) is 21.9 Å². The number of aryl methyl sites for hydroxylation is 1. The third-order valence-electron chi connectivity index (χ3n) is 1.84. The maximum absolute atomic E-state index is 8.69. The first kappa shape index (κ1) is 12.9. The molecule has 2 nitrogen and oxygen atoms in total. The van der Waals surface area contributed by atoms with Gasteiger partial charge in [0, 0.05) is 22.4 Å². The zero-order valence-corrected chi connectivity index (χ0v) is 9.33. The highest BCUT2D eigenvalue weighted by molar-refractivity contribution is 7.12. The largest absolute Gasteiger partial charge is 0.396 e. The van der Waals surface area contributed by atoms with E-state index < -0.39 is 0 Å². The van der Waals surface area contributed by atoms with Crippen molar-refractivity contribution in [3.8, 4) is 0 Å². The molecular weight excluding hydrogens is 206 g/mol. The molecule has 0 spiro atoms. The summed E-state index contributed by atoms with van der Waals surface area (Å²) in [6.45, 7) is 2.30. The van der Waals surface area contributed by atoms with Crippen LogP contribution >= 0.6 is 23.7 Å². The SMILES string of the molecule is CCc1ccc(C(N)CCO)s1.Cl. The lowest BCUT2D eigenvalue weighted by Crippen LogP contribution is -2.09. The highest BCUT2D eigenvalue weighted by Crippen LogP contribution is 2.23. The molecule has 13 heavy (non-hydrogen) atoms. The van der Waals surface area contributed by atoms with Crippen LogP contribution in [0, 0.1) is 0 Å². The molecule has 0 aliphatic carbocycles. The predicted molar refractivity (Wildman–Crippen MR) is 59.6 cm³/mol. The molecule has 1 aromatic rings. The van der Waals surface area contributed by atoms with Crippen LogP contribution in [-0.4, -0.2) is 11.7 Å². The Morgan fingerprint density at radius 3 is 2.69 bits per heavy atom. The molecule has 76 valence electrons. The molecule has 0 fully saturated rings. The topological polar surface area (TPSA) is 46.2 Å². The molecule has 0 aliphatic heterocycles. The van der Waals surface area contributed by atoms with Gasteiger partial charge in [-0.2, -0.15) is 0 Å². The molecule has 1 rings (SSSR count). The van der Waals surface area contributed by atoms with Gasteiger partial charge in [0.15, 0.2) is 0 Å². The summed E-state index contributed by atoms with van der Waals surface area (Å²) in [6, 6.07) is 4.18. The van der Waals surface area contributed by atoms with Gasteiger partial charge >= 0.3 is 0 Å². The van der Waals surface area contributed by atoms with Crippen LogP contribution in [0.3, 0.4) is 0 Å². The van der Waals surface area contributed by atoms with Crippen LogP contribution < -0.4 is 5.73 Å². The second kappa shape index (κ2) is 6.38.